The standard InChI is InChI=1S/C12H15ClO3/c1-6(5-10(14)15)9-4-7(2)12(16)11(13)8(9)3/h4,6,16H,5H2,1-3H3,(H,14,15). The number of phenols is 1. The fraction of sp³-hybridized carbons (Fsp3) is 0.417. The lowest BCUT2D eigenvalue weighted by atomic mass is 9.92. The highest BCUT2D eigenvalue weighted by Gasteiger charge is 2.17. The van der Waals surface area contributed by atoms with Crippen molar-refractivity contribution < 1.29 is 15.0 Å². The third kappa shape index (κ3) is 2.47. The molecule has 0 aliphatic rings. The van der Waals surface area contributed by atoms with Gasteiger partial charge in [0.15, 0.2) is 0 Å². The maximum Gasteiger partial charge on any atom is 0.303 e. The van der Waals surface area contributed by atoms with Gasteiger partial charge in [-0.1, -0.05) is 24.6 Å². The SMILES string of the molecule is Cc1cc(C(C)CC(=O)O)c(C)c(Cl)c1O. The highest BCUT2D eigenvalue weighted by molar-refractivity contribution is 6.33. The maximum absolute atomic E-state index is 10.6. The van der Waals surface area contributed by atoms with Crippen molar-refractivity contribution in [2.24, 2.45) is 0 Å². The van der Waals surface area contributed by atoms with Crippen LogP contribution in [0.4, 0.5) is 0 Å². The molecule has 0 fully saturated rings. The summed E-state index contributed by atoms with van der Waals surface area (Å²) < 4.78 is 0. The van der Waals surface area contributed by atoms with E-state index in [0.29, 0.717) is 10.6 Å². The van der Waals surface area contributed by atoms with Crippen LogP contribution in [0.1, 0.15) is 36.0 Å². The maximum atomic E-state index is 10.6. The summed E-state index contributed by atoms with van der Waals surface area (Å²) in [6, 6.07) is 1.80. The van der Waals surface area contributed by atoms with Crippen molar-refractivity contribution in [1.82, 2.24) is 0 Å². The Morgan fingerprint density at radius 2 is 2.06 bits per heavy atom. The van der Waals surface area contributed by atoms with Crippen LogP contribution in [0, 0.1) is 13.8 Å². The van der Waals surface area contributed by atoms with Crippen LogP contribution in [-0.4, -0.2) is 16.2 Å². The molecule has 0 radical (unpaired) electrons. The molecule has 1 aromatic rings. The smallest absolute Gasteiger partial charge is 0.303 e. The van der Waals surface area contributed by atoms with E-state index in [-0.39, 0.29) is 18.1 Å². The summed E-state index contributed by atoms with van der Waals surface area (Å²) in [5.74, 6) is -0.881. The summed E-state index contributed by atoms with van der Waals surface area (Å²) in [6.07, 6.45) is 0.0569. The van der Waals surface area contributed by atoms with E-state index in [9.17, 15) is 9.90 Å². The molecule has 0 saturated heterocycles. The van der Waals surface area contributed by atoms with Crippen molar-refractivity contribution in [3.8, 4) is 5.75 Å². The monoisotopic (exact) mass is 242 g/mol. The van der Waals surface area contributed by atoms with E-state index >= 15 is 0 Å². The quantitative estimate of drug-likeness (QED) is 0.856. The first kappa shape index (κ1) is 12.8. The minimum Gasteiger partial charge on any atom is -0.506 e. The lowest BCUT2D eigenvalue weighted by Crippen LogP contribution is -2.05. The highest BCUT2D eigenvalue weighted by atomic mass is 35.5. The summed E-state index contributed by atoms with van der Waals surface area (Å²) in [7, 11) is 0. The van der Waals surface area contributed by atoms with Crippen molar-refractivity contribution in [1.29, 1.82) is 0 Å². The third-order valence-corrected chi connectivity index (χ3v) is 3.19. The average Bonchev–Trinajstić information content (AvgIpc) is 2.19. The average molecular weight is 243 g/mol. The van der Waals surface area contributed by atoms with E-state index < -0.39 is 5.97 Å². The molecule has 1 rings (SSSR count). The molecule has 0 aliphatic heterocycles. The number of aliphatic carboxylic acids is 1. The number of aromatic hydroxyl groups is 1. The zero-order valence-electron chi connectivity index (χ0n) is 9.54. The predicted octanol–water partition coefficient (Wildman–Crippen LogP) is 3.24. The zero-order chi connectivity index (χ0) is 12.5. The molecule has 1 aromatic carbocycles. The number of rotatable bonds is 3. The predicted molar refractivity (Wildman–Crippen MR) is 63.3 cm³/mol. The van der Waals surface area contributed by atoms with Gasteiger partial charge in [-0.15, -0.1) is 0 Å². The first-order chi connectivity index (χ1) is 7.34. The highest BCUT2D eigenvalue weighted by Crippen LogP contribution is 2.36. The van der Waals surface area contributed by atoms with E-state index in [1.165, 1.54) is 0 Å². The number of phenolic OH excluding ortho intramolecular Hbond substituents is 1. The molecule has 3 nitrogen and oxygen atoms in total. The van der Waals surface area contributed by atoms with Crippen molar-refractivity contribution >= 4 is 17.6 Å². The van der Waals surface area contributed by atoms with Gasteiger partial charge < -0.3 is 10.2 Å². The Morgan fingerprint density at radius 1 is 1.50 bits per heavy atom. The van der Waals surface area contributed by atoms with E-state index in [1.54, 1.807) is 19.9 Å². The second-order valence-electron chi connectivity index (χ2n) is 4.07. The molecule has 0 bridgehead atoms. The summed E-state index contributed by atoms with van der Waals surface area (Å²) in [5, 5.41) is 18.7. The van der Waals surface area contributed by atoms with Gasteiger partial charge in [0.2, 0.25) is 0 Å². The number of carboxylic acids is 1. The van der Waals surface area contributed by atoms with Crippen LogP contribution in [-0.2, 0) is 4.79 Å². The van der Waals surface area contributed by atoms with Crippen molar-refractivity contribution in [3.05, 3.63) is 27.8 Å². The Balaban J connectivity index is 3.19. The van der Waals surface area contributed by atoms with Crippen molar-refractivity contribution in [2.45, 2.75) is 33.1 Å². The van der Waals surface area contributed by atoms with Gasteiger partial charge in [0.1, 0.15) is 5.75 Å². The molecular weight excluding hydrogens is 228 g/mol. The largest absolute Gasteiger partial charge is 0.506 e. The first-order valence-corrected chi connectivity index (χ1v) is 5.42. The molecule has 4 heteroatoms. The van der Waals surface area contributed by atoms with Gasteiger partial charge in [-0.3, -0.25) is 4.79 Å². The molecule has 0 amide bonds. The second kappa shape index (κ2) is 4.74. The molecule has 0 spiro atoms. The van der Waals surface area contributed by atoms with E-state index in [0.717, 1.165) is 11.1 Å². The van der Waals surface area contributed by atoms with Crippen LogP contribution < -0.4 is 0 Å². The van der Waals surface area contributed by atoms with E-state index in [1.807, 2.05) is 6.92 Å². The van der Waals surface area contributed by atoms with Crippen molar-refractivity contribution in [3.63, 3.8) is 0 Å². The van der Waals surface area contributed by atoms with E-state index in [4.69, 9.17) is 16.7 Å². The Bertz CT molecular complexity index is 427. The van der Waals surface area contributed by atoms with Gasteiger partial charge in [-0.05, 0) is 36.5 Å². The molecule has 2 N–H and O–H groups in total. The number of carbonyl (C=O) groups is 1. The van der Waals surface area contributed by atoms with Gasteiger partial charge in [0.25, 0.3) is 0 Å². The number of aryl methyl sites for hydroxylation is 1. The second-order valence-corrected chi connectivity index (χ2v) is 4.45. The van der Waals surface area contributed by atoms with Gasteiger partial charge in [0.05, 0.1) is 11.4 Å². The molecule has 1 atom stereocenters. The normalized spacial score (nSPS) is 12.5. The van der Waals surface area contributed by atoms with Gasteiger partial charge in [0, 0.05) is 0 Å². The van der Waals surface area contributed by atoms with Gasteiger partial charge in [-0.25, -0.2) is 0 Å². The topological polar surface area (TPSA) is 57.5 Å². The number of benzene rings is 1. The molecule has 0 aliphatic carbocycles. The Morgan fingerprint density at radius 3 is 2.56 bits per heavy atom. The van der Waals surface area contributed by atoms with Crippen LogP contribution in [0.2, 0.25) is 5.02 Å². The molecule has 0 aromatic heterocycles. The molecular formula is C12H15ClO3. The minimum absolute atomic E-state index is 0.0569. The third-order valence-electron chi connectivity index (χ3n) is 2.73. The Kier molecular flexibility index (Phi) is 3.81. The summed E-state index contributed by atoms with van der Waals surface area (Å²) in [4.78, 5) is 10.6. The lowest BCUT2D eigenvalue weighted by Gasteiger charge is -2.16. The van der Waals surface area contributed by atoms with Crippen LogP contribution in [0.15, 0.2) is 6.07 Å². The lowest BCUT2D eigenvalue weighted by molar-refractivity contribution is -0.137. The number of hydrogen-bond acceptors (Lipinski definition) is 2. The van der Waals surface area contributed by atoms with Gasteiger partial charge in [-0.2, -0.15) is 0 Å². The molecule has 1 unspecified atom stereocenters. The van der Waals surface area contributed by atoms with Crippen LogP contribution in [0.25, 0.3) is 0 Å². The van der Waals surface area contributed by atoms with Crippen LogP contribution >= 0.6 is 11.6 Å². The minimum atomic E-state index is -0.839. The van der Waals surface area contributed by atoms with Crippen molar-refractivity contribution in [2.75, 3.05) is 0 Å². The summed E-state index contributed by atoms with van der Waals surface area (Å²) >= 11 is 5.97. The van der Waals surface area contributed by atoms with Crippen LogP contribution in [0.3, 0.4) is 0 Å². The summed E-state index contributed by atoms with van der Waals surface area (Å²) in [6.45, 7) is 5.37. The number of hydrogen-bond donors (Lipinski definition) is 2. The molecule has 0 heterocycles. The van der Waals surface area contributed by atoms with Gasteiger partial charge >= 0.3 is 5.97 Å². The number of carboxylic acid groups (broad SMARTS) is 1. The Hall–Kier alpha value is -1.22. The summed E-state index contributed by atoms with van der Waals surface area (Å²) in [5.41, 5.74) is 2.30. The Labute approximate surface area is 99.7 Å². The first-order valence-electron chi connectivity index (χ1n) is 5.05. The van der Waals surface area contributed by atoms with Crippen LogP contribution in [0.5, 0.6) is 5.75 Å². The number of halogens is 1. The molecule has 0 saturated carbocycles. The molecule has 88 valence electrons. The molecule has 16 heavy (non-hydrogen) atoms. The zero-order valence-corrected chi connectivity index (χ0v) is 10.3. The fourth-order valence-electron chi connectivity index (χ4n) is 1.77. The van der Waals surface area contributed by atoms with E-state index in [2.05, 4.69) is 0 Å². The fourth-order valence-corrected chi connectivity index (χ4v) is 2.03.